The summed E-state index contributed by atoms with van der Waals surface area (Å²) in [7, 11) is 1.70. The Hall–Kier alpha value is -1.62. The molecule has 4 nitrogen and oxygen atoms in total. The van der Waals surface area contributed by atoms with Gasteiger partial charge in [-0.25, -0.2) is 4.39 Å². The lowest BCUT2D eigenvalue weighted by Crippen LogP contribution is -2.59. The zero-order valence-corrected chi connectivity index (χ0v) is 11.2. The minimum atomic E-state index is -0.862. The van der Waals surface area contributed by atoms with Crippen molar-refractivity contribution in [2.24, 2.45) is 11.7 Å². The van der Waals surface area contributed by atoms with E-state index in [2.05, 4.69) is 5.32 Å². The maximum absolute atomic E-state index is 13.2. The Kier molecular flexibility index (Phi) is 3.75. The molecule has 0 aliphatic heterocycles. The number of likely N-dealkylation sites (N-methyl/N-ethyl adjacent to an activating group) is 1. The van der Waals surface area contributed by atoms with E-state index in [9.17, 15) is 9.18 Å². The lowest BCUT2D eigenvalue weighted by molar-refractivity contribution is -0.126. The van der Waals surface area contributed by atoms with E-state index in [1.54, 1.807) is 13.1 Å². The maximum Gasteiger partial charge on any atom is 0.241 e. The number of carbonyl (C=O) groups excluding carboxylic acids is 1. The fourth-order valence-corrected chi connectivity index (χ4v) is 2.29. The molecule has 2 rings (SSSR count). The van der Waals surface area contributed by atoms with E-state index in [0.717, 1.165) is 18.4 Å². The SMILES string of the molecule is CNC(COc1cc(F)ccc1C)(C(N)=O)C1CC1. The van der Waals surface area contributed by atoms with Crippen LogP contribution in [-0.2, 0) is 4.79 Å². The lowest BCUT2D eigenvalue weighted by Gasteiger charge is -2.30. The molecular formula is C14H19FN2O2. The molecule has 1 atom stereocenters. The van der Waals surface area contributed by atoms with Gasteiger partial charge in [0.15, 0.2) is 0 Å². The monoisotopic (exact) mass is 266 g/mol. The van der Waals surface area contributed by atoms with E-state index in [0.29, 0.717) is 5.75 Å². The van der Waals surface area contributed by atoms with Crippen molar-refractivity contribution in [3.05, 3.63) is 29.6 Å². The van der Waals surface area contributed by atoms with Gasteiger partial charge >= 0.3 is 0 Å². The smallest absolute Gasteiger partial charge is 0.241 e. The quantitative estimate of drug-likeness (QED) is 0.817. The van der Waals surface area contributed by atoms with Crippen molar-refractivity contribution >= 4 is 5.91 Å². The van der Waals surface area contributed by atoms with Crippen LogP contribution in [0.15, 0.2) is 18.2 Å². The molecule has 104 valence electrons. The first kappa shape index (κ1) is 13.8. The molecule has 5 heteroatoms. The van der Waals surface area contributed by atoms with Gasteiger partial charge in [-0.1, -0.05) is 6.07 Å². The largest absolute Gasteiger partial charge is 0.491 e. The van der Waals surface area contributed by atoms with Crippen molar-refractivity contribution in [2.75, 3.05) is 13.7 Å². The van der Waals surface area contributed by atoms with E-state index in [1.165, 1.54) is 12.1 Å². The van der Waals surface area contributed by atoms with Gasteiger partial charge in [-0.2, -0.15) is 0 Å². The van der Waals surface area contributed by atoms with Gasteiger partial charge in [0.2, 0.25) is 5.91 Å². The fraction of sp³-hybridized carbons (Fsp3) is 0.500. The van der Waals surface area contributed by atoms with Gasteiger partial charge < -0.3 is 15.8 Å². The molecule has 0 radical (unpaired) electrons. The highest BCUT2D eigenvalue weighted by Crippen LogP contribution is 2.40. The number of halogens is 1. The summed E-state index contributed by atoms with van der Waals surface area (Å²) in [6.45, 7) is 1.95. The summed E-state index contributed by atoms with van der Waals surface area (Å²) in [5.41, 5.74) is 5.46. The molecule has 1 amide bonds. The van der Waals surface area contributed by atoms with Gasteiger partial charge in [0.25, 0.3) is 0 Å². The van der Waals surface area contributed by atoms with E-state index in [4.69, 9.17) is 10.5 Å². The molecule has 19 heavy (non-hydrogen) atoms. The van der Waals surface area contributed by atoms with Crippen LogP contribution >= 0.6 is 0 Å². The normalized spacial score (nSPS) is 17.8. The summed E-state index contributed by atoms with van der Waals surface area (Å²) in [5.74, 6) is -0.141. The highest BCUT2D eigenvalue weighted by Gasteiger charge is 2.49. The summed E-state index contributed by atoms with van der Waals surface area (Å²) < 4.78 is 18.8. The molecule has 1 aromatic rings. The Morgan fingerprint density at radius 1 is 1.58 bits per heavy atom. The van der Waals surface area contributed by atoms with Crippen LogP contribution in [0.3, 0.4) is 0 Å². The number of nitrogens with one attached hydrogen (secondary N) is 1. The van der Waals surface area contributed by atoms with Crippen LogP contribution in [0.25, 0.3) is 0 Å². The number of rotatable bonds is 6. The van der Waals surface area contributed by atoms with Crippen molar-refractivity contribution in [2.45, 2.75) is 25.3 Å². The topological polar surface area (TPSA) is 64.3 Å². The van der Waals surface area contributed by atoms with Crippen molar-refractivity contribution < 1.29 is 13.9 Å². The summed E-state index contributed by atoms with van der Waals surface area (Å²) in [5, 5.41) is 2.99. The molecule has 3 N–H and O–H groups in total. The van der Waals surface area contributed by atoms with Crippen molar-refractivity contribution in [1.82, 2.24) is 5.32 Å². The highest BCUT2D eigenvalue weighted by molar-refractivity contribution is 5.85. The Morgan fingerprint density at radius 3 is 2.79 bits per heavy atom. The van der Waals surface area contributed by atoms with E-state index >= 15 is 0 Å². The number of carbonyl (C=O) groups is 1. The predicted octanol–water partition coefficient (Wildman–Crippen LogP) is 1.37. The highest BCUT2D eigenvalue weighted by atomic mass is 19.1. The summed E-state index contributed by atoms with van der Waals surface area (Å²) in [6, 6.07) is 4.35. The first-order chi connectivity index (χ1) is 8.99. The Balaban J connectivity index is 2.15. The van der Waals surface area contributed by atoms with Gasteiger partial charge in [-0.05, 0) is 44.4 Å². The second-order valence-electron chi connectivity index (χ2n) is 5.06. The van der Waals surface area contributed by atoms with Gasteiger partial charge in [0.05, 0.1) is 0 Å². The maximum atomic E-state index is 13.2. The van der Waals surface area contributed by atoms with E-state index in [-0.39, 0.29) is 18.3 Å². The molecule has 1 saturated carbocycles. The predicted molar refractivity (Wildman–Crippen MR) is 70.3 cm³/mol. The summed E-state index contributed by atoms with van der Waals surface area (Å²) in [6.07, 6.45) is 1.91. The van der Waals surface area contributed by atoms with Crippen LogP contribution in [0, 0.1) is 18.7 Å². The summed E-state index contributed by atoms with van der Waals surface area (Å²) in [4.78, 5) is 11.7. The van der Waals surface area contributed by atoms with Gasteiger partial charge in [0, 0.05) is 6.07 Å². The number of primary amides is 1. The van der Waals surface area contributed by atoms with Crippen molar-refractivity contribution in [1.29, 1.82) is 0 Å². The van der Waals surface area contributed by atoms with Crippen molar-refractivity contribution in [3.63, 3.8) is 0 Å². The van der Waals surface area contributed by atoms with Gasteiger partial charge in [-0.3, -0.25) is 4.79 Å². The summed E-state index contributed by atoms with van der Waals surface area (Å²) >= 11 is 0. The average molecular weight is 266 g/mol. The standard InChI is InChI=1S/C14H19FN2O2/c1-9-3-6-11(15)7-12(9)19-8-14(17-2,13(16)18)10-4-5-10/h3,6-7,10,17H,4-5,8H2,1-2H3,(H2,16,18). The van der Waals surface area contributed by atoms with Gasteiger partial charge in [0.1, 0.15) is 23.7 Å². The number of nitrogens with two attached hydrogens (primary N) is 1. The number of amides is 1. The van der Waals surface area contributed by atoms with Crippen molar-refractivity contribution in [3.8, 4) is 5.75 Å². The third kappa shape index (κ3) is 2.71. The fourth-order valence-electron chi connectivity index (χ4n) is 2.29. The molecule has 1 aliphatic carbocycles. The van der Waals surface area contributed by atoms with E-state index < -0.39 is 11.4 Å². The molecule has 0 aromatic heterocycles. The molecule has 0 bridgehead atoms. The Labute approximate surface area is 112 Å². The number of aryl methyl sites for hydroxylation is 1. The van der Waals surface area contributed by atoms with Crippen LogP contribution in [-0.4, -0.2) is 25.1 Å². The molecule has 0 spiro atoms. The molecule has 1 aromatic carbocycles. The molecule has 1 unspecified atom stereocenters. The third-order valence-corrected chi connectivity index (χ3v) is 3.77. The first-order valence-corrected chi connectivity index (χ1v) is 6.37. The second kappa shape index (κ2) is 5.17. The van der Waals surface area contributed by atoms with Gasteiger partial charge in [-0.15, -0.1) is 0 Å². The second-order valence-corrected chi connectivity index (χ2v) is 5.06. The molecule has 0 saturated heterocycles. The minimum Gasteiger partial charge on any atom is -0.491 e. The van der Waals surface area contributed by atoms with Crippen LogP contribution in [0.2, 0.25) is 0 Å². The third-order valence-electron chi connectivity index (χ3n) is 3.77. The zero-order valence-electron chi connectivity index (χ0n) is 11.2. The van der Waals surface area contributed by atoms with Crippen LogP contribution in [0.4, 0.5) is 4.39 Å². The number of hydrogen-bond acceptors (Lipinski definition) is 3. The molecular weight excluding hydrogens is 247 g/mol. The molecule has 0 heterocycles. The zero-order chi connectivity index (χ0) is 14.0. The number of hydrogen-bond donors (Lipinski definition) is 2. The van der Waals surface area contributed by atoms with Crippen LogP contribution in [0.5, 0.6) is 5.75 Å². The lowest BCUT2D eigenvalue weighted by atomic mass is 9.93. The molecule has 1 fully saturated rings. The van der Waals surface area contributed by atoms with Crippen LogP contribution in [0.1, 0.15) is 18.4 Å². The van der Waals surface area contributed by atoms with E-state index in [1.807, 2.05) is 6.92 Å². The first-order valence-electron chi connectivity index (χ1n) is 6.37. The molecule has 1 aliphatic rings. The Morgan fingerprint density at radius 2 is 2.26 bits per heavy atom. The number of ether oxygens (including phenoxy) is 1. The minimum absolute atomic E-state index is 0.119. The average Bonchev–Trinajstić information content (AvgIpc) is 3.19. The Bertz CT molecular complexity index is 488. The van der Waals surface area contributed by atoms with Crippen LogP contribution < -0.4 is 15.8 Å². The number of benzene rings is 1.